The van der Waals surface area contributed by atoms with Gasteiger partial charge in [0.05, 0.1) is 6.61 Å². The lowest BCUT2D eigenvalue weighted by molar-refractivity contribution is 0.151. The van der Waals surface area contributed by atoms with Crippen LogP contribution in [0.1, 0.15) is 31.5 Å². The fourth-order valence-corrected chi connectivity index (χ4v) is 4.28. The number of pyridine rings is 1. The number of allylic oxidation sites excluding steroid dienone is 6. The van der Waals surface area contributed by atoms with Gasteiger partial charge in [0.1, 0.15) is 17.5 Å². The van der Waals surface area contributed by atoms with Crippen molar-refractivity contribution in [3.63, 3.8) is 0 Å². The summed E-state index contributed by atoms with van der Waals surface area (Å²) in [6.07, 6.45) is 4.52. The van der Waals surface area contributed by atoms with Gasteiger partial charge < -0.3 is 25.3 Å². The highest BCUT2D eigenvalue weighted by molar-refractivity contribution is 5.55. The topological polar surface area (TPSA) is 72.5 Å². The van der Waals surface area contributed by atoms with Crippen LogP contribution in [0.25, 0.3) is 0 Å². The average molecular weight is 637 g/mol. The Kier molecular flexibility index (Phi) is 14.0. The molecule has 0 aliphatic heterocycles. The normalized spacial score (nSPS) is 14.7. The van der Waals surface area contributed by atoms with E-state index in [0.29, 0.717) is 16.8 Å². The summed E-state index contributed by atoms with van der Waals surface area (Å²) in [7, 11) is 6.13. The molecule has 1 aromatic heterocycles. The van der Waals surface area contributed by atoms with Crippen LogP contribution >= 0.6 is 0 Å². The molecule has 3 N–H and O–H groups in total. The predicted octanol–water partition coefficient (Wildman–Crippen LogP) is 7.16. The minimum absolute atomic E-state index is 0.0377. The number of hydrogen-bond acceptors (Lipinski definition) is 5. The van der Waals surface area contributed by atoms with Crippen molar-refractivity contribution >= 4 is 5.69 Å². The van der Waals surface area contributed by atoms with E-state index in [1.54, 1.807) is 32.8 Å². The molecule has 0 saturated carbocycles. The maximum atomic E-state index is 15.1. The molecule has 1 atom stereocenters. The number of nitrogens with zero attached hydrogens (tertiary/aromatic N) is 2. The highest BCUT2D eigenvalue weighted by Crippen LogP contribution is 2.29. The molecule has 2 rings (SSSR count). The van der Waals surface area contributed by atoms with E-state index in [-0.39, 0.29) is 30.0 Å². The van der Waals surface area contributed by atoms with E-state index in [2.05, 4.69) is 5.32 Å². The molecule has 0 unspecified atom stereocenters. The van der Waals surface area contributed by atoms with E-state index in [1.165, 1.54) is 50.6 Å². The fraction of sp³-hybridized carbons (Fsp3) is 0.303. The van der Waals surface area contributed by atoms with Gasteiger partial charge in [-0.1, -0.05) is 6.08 Å². The van der Waals surface area contributed by atoms with Gasteiger partial charge in [0.2, 0.25) is 0 Å². The molecule has 1 aromatic carbocycles. The summed E-state index contributed by atoms with van der Waals surface area (Å²) in [5.41, 5.74) is 6.07. The monoisotopic (exact) mass is 636 g/mol. The molecule has 2 aromatic rings. The van der Waals surface area contributed by atoms with Crippen molar-refractivity contribution < 1.29 is 31.1 Å². The molecule has 0 radical (unpaired) electrons. The minimum atomic E-state index is -2.97. The van der Waals surface area contributed by atoms with E-state index < -0.39 is 46.9 Å². The first-order valence-corrected chi connectivity index (χ1v) is 13.8. The number of methoxy groups -OCH3 is 1. The van der Waals surface area contributed by atoms with E-state index >= 15 is 8.78 Å². The van der Waals surface area contributed by atoms with E-state index in [0.717, 1.165) is 35.0 Å². The van der Waals surface area contributed by atoms with Crippen LogP contribution in [0.2, 0.25) is 0 Å². The number of nitrogens with one attached hydrogen (secondary N) is 1. The van der Waals surface area contributed by atoms with E-state index in [1.807, 2.05) is 0 Å². The highest BCUT2D eigenvalue weighted by atomic mass is 19.3. The predicted molar refractivity (Wildman–Crippen MR) is 166 cm³/mol. The maximum Gasteiger partial charge on any atom is 0.286 e. The van der Waals surface area contributed by atoms with Gasteiger partial charge >= 0.3 is 0 Å². The van der Waals surface area contributed by atoms with Crippen LogP contribution < -0.4 is 16.6 Å². The number of ether oxygens (including phenoxy) is 1. The number of halogens is 6. The molecule has 244 valence electrons. The number of aromatic nitrogens is 1. The maximum absolute atomic E-state index is 15.1. The third-order valence-corrected chi connectivity index (χ3v) is 6.60. The summed E-state index contributed by atoms with van der Waals surface area (Å²) in [6, 6.07) is 4.42. The first kappa shape index (κ1) is 36.7. The Labute approximate surface area is 259 Å². The second-order valence-electron chi connectivity index (χ2n) is 10.4. The zero-order valence-electron chi connectivity index (χ0n) is 26.0. The second kappa shape index (κ2) is 17.1. The number of hydrogen-bond donors (Lipinski definition) is 2. The molecule has 12 heteroatoms. The quantitative estimate of drug-likeness (QED) is 0.170. The van der Waals surface area contributed by atoms with Crippen LogP contribution in [0.4, 0.5) is 32.0 Å². The summed E-state index contributed by atoms with van der Waals surface area (Å²) >= 11 is 0. The SMILES string of the molecule is COC/C(C)=C/C(F)=C\C(=C\C=C(C(\C=C(\F)Cc1ccc(F)c(=O)n1C)=C\N)/N(C)C)[C@@H](C)Nc1ccc(F)cc1C(F)F. The van der Waals surface area contributed by atoms with Crippen LogP contribution in [0.5, 0.6) is 0 Å². The van der Waals surface area contributed by atoms with Crippen LogP contribution in [0, 0.1) is 11.6 Å². The molecular weight excluding hydrogens is 598 g/mol. The van der Waals surface area contributed by atoms with Crippen molar-refractivity contribution in [2.45, 2.75) is 32.7 Å². The van der Waals surface area contributed by atoms with Crippen LogP contribution in [-0.2, 0) is 18.2 Å². The van der Waals surface area contributed by atoms with Crippen molar-refractivity contribution in [1.29, 1.82) is 0 Å². The van der Waals surface area contributed by atoms with Crippen molar-refractivity contribution in [3.05, 3.63) is 134 Å². The third-order valence-electron chi connectivity index (χ3n) is 6.60. The lowest BCUT2D eigenvalue weighted by Gasteiger charge is -2.21. The van der Waals surface area contributed by atoms with Crippen molar-refractivity contribution in [2.24, 2.45) is 12.8 Å². The van der Waals surface area contributed by atoms with Gasteiger partial charge in [0.15, 0.2) is 5.82 Å². The number of nitrogens with two attached hydrogens (primary N) is 1. The lowest BCUT2D eigenvalue weighted by Crippen LogP contribution is -2.23. The largest absolute Gasteiger partial charge is 0.404 e. The smallest absolute Gasteiger partial charge is 0.286 e. The summed E-state index contributed by atoms with van der Waals surface area (Å²) < 4.78 is 90.8. The lowest BCUT2D eigenvalue weighted by atomic mass is 10.0. The minimum Gasteiger partial charge on any atom is -0.404 e. The molecule has 0 spiro atoms. The first-order valence-electron chi connectivity index (χ1n) is 13.8. The van der Waals surface area contributed by atoms with Crippen molar-refractivity contribution in [1.82, 2.24) is 9.47 Å². The van der Waals surface area contributed by atoms with E-state index in [4.69, 9.17) is 10.5 Å². The average Bonchev–Trinajstić information content (AvgIpc) is 2.96. The zero-order valence-corrected chi connectivity index (χ0v) is 26.0. The number of rotatable bonds is 14. The molecule has 45 heavy (non-hydrogen) atoms. The summed E-state index contributed by atoms with van der Waals surface area (Å²) in [6.45, 7) is 3.46. The molecule has 1 heterocycles. The van der Waals surface area contributed by atoms with Crippen LogP contribution in [-0.4, -0.2) is 43.3 Å². The van der Waals surface area contributed by atoms with Crippen LogP contribution in [0.3, 0.4) is 0 Å². The Morgan fingerprint density at radius 3 is 2.38 bits per heavy atom. The Morgan fingerprint density at radius 2 is 1.78 bits per heavy atom. The van der Waals surface area contributed by atoms with Gasteiger partial charge in [-0.25, -0.2) is 26.3 Å². The Balaban J connectivity index is 2.58. The van der Waals surface area contributed by atoms with Gasteiger partial charge in [-0.3, -0.25) is 4.79 Å². The first-order chi connectivity index (χ1) is 21.2. The molecule has 0 saturated heterocycles. The number of alkyl halides is 2. The Bertz CT molecular complexity index is 1590. The molecule has 6 nitrogen and oxygen atoms in total. The van der Waals surface area contributed by atoms with Gasteiger partial charge in [-0.2, -0.15) is 0 Å². The van der Waals surface area contributed by atoms with Crippen LogP contribution in [0.15, 0.2) is 106 Å². The molecule has 0 fully saturated rings. The molecule has 0 amide bonds. The van der Waals surface area contributed by atoms with Crippen molar-refractivity contribution in [2.75, 3.05) is 33.1 Å². The van der Waals surface area contributed by atoms with E-state index in [9.17, 15) is 22.4 Å². The summed E-state index contributed by atoms with van der Waals surface area (Å²) in [5.74, 6) is -3.12. The molecule has 0 aliphatic carbocycles. The third kappa shape index (κ3) is 10.9. The molecule has 0 aliphatic rings. The molecule has 0 bridgehead atoms. The van der Waals surface area contributed by atoms with Gasteiger partial charge in [0, 0.05) is 75.1 Å². The summed E-state index contributed by atoms with van der Waals surface area (Å²) in [4.78, 5) is 13.5. The Hall–Kier alpha value is -4.45. The van der Waals surface area contributed by atoms with Gasteiger partial charge in [-0.15, -0.1) is 0 Å². The van der Waals surface area contributed by atoms with Crippen molar-refractivity contribution in [3.8, 4) is 0 Å². The summed E-state index contributed by atoms with van der Waals surface area (Å²) in [5, 5.41) is 2.89. The fourth-order valence-electron chi connectivity index (χ4n) is 4.28. The Morgan fingerprint density at radius 1 is 1.09 bits per heavy atom. The molecular formula is C33H38F6N4O2. The second-order valence-corrected chi connectivity index (χ2v) is 10.4. The zero-order chi connectivity index (χ0) is 33.8. The van der Waals surface area contributed by atoms with Gasteiger partial charge in [0.25, 0.3) is 12.0 Å². The number of benzene rings is 1. The number of anilines is 1. The number of likely N-dealkylation sites (N-methyl/N-ethyl adjacent to an activating group) is 1. The highest BCUT2D eigenvalue weighted by Gasteiger charge is 2.17. The standard InChI is InChI=1S/C33H38F6N4O2/c1-20(19-45-6)13-25(35)14-22(21(2)41-30-11-8-24(34)17-28(30)32(38)39)7-12-31(42(3)4)23(18-40)15-26(36)16-27-9-10-29(37)33(44)43(27)5/h7-15,17-18,21,32,41H,16,19,40H2,1-6H3/b20-13+,22-7-,23-18+,25-14+,26-15+,31-12-/t21-/m1/s1. The van der Waals surface area contributed by atoms with Gasteiger partial charge in [-0.05, 0) is 79.6 Å².